The van der Waals surface area contributed by atoms with E-state index in [0.717, 1.165) is 15.7 Å². The third-order valence-corrected chi connectivity index (χ3v) is 5.27. The molecule has 4 rings (SSSR count). The molecule has 0 aliphatic rings. The van der Waals surface area contributed by atoms with E-state index in [1.807, 2.05) is 59.3 Å². The number of para-hydroxylation sites is 1. The second-order valence-corrected chi connectivity index (χ2v) is 7.27. The van der Waals surface area contributed by atoms with Crippen LogP contribution in [0.2, 0.25) is 0 Å². The number of hydrogen-bond donors (Lipinski definition) is 0. The highest BCUT2D eigenvalue weighted by Crippen LogP contribution is 2.34. The highest BCUT2D eigenvalue weighted by molar-refractivity contribution is 7.99. The molecule has 0 saturated carbocycles. The summed E-state index contributed by atoms with van der Waals surface area (Å²) >= 11 is 3.12. The number of thioether (sulfide) groups is 1. The molecule has 1 unspecified atom stereocenters. The molecule has 0 aliphatic heterocycles. The lowest BCUT2D eigenvalue weighted by atomic mass is 10.3. The van der Waals surface area contributed by atoms with Gasteiger partial charge in [0, 0.05) is 5.69 Å². The highest BCUT2D eigenvalue weighted by atomic mass is 32.2. The zero-order valence-electron chi connectivity index (χ0n) is 12.7. The molecule has 6 nitrogen and oxygen atoms in total. The molecule has 0 bridgehead atoms. The van der Waals surface area contributed by atoms with Crippen LogP contribution in [0.1, 0.15) is 18.1 Å². The summed E-state index contributed by atoms with van der Waals surface area (Å²) < 4.78 is 7.35. The van der Waals surface area contributed by atoms with Crippen LogP contribution in [0, 0.1) is 0 Å². The number of benzene rings is 1. The zero-order chi connectivity index (χ0) is 16.4. The van der Waals surface area contributed by atoms with Gasteiger partial charge in [0.2, 0.25) is 11.7 Å². The van der Waals surface area contributed by atoms with Crippen LogP contribution in [0.5, 0.6) is 0 Å². The first-order valence-electron chi connectivity index (χ1n) is 7.31. The molecule has 3 heterocycles. The van der Waals surface area contributed by atoms with E-state index >= 15 is 0 Å². The molecule has 0 radical (unpaired) electrons. The largest absolute Gasteiger partial charge is 0.338 e. The van der Waals surface area contributed by atoms with Crippen LogP contribution in [0.4, 0.5) is 0 Å². The Labute approximate surface area is 146 Å². The third kappa shape index (κ3) is 2.98. The van der Waals surface area contributed by atoms with Crippen molar-refractivity contribution in [1.82, 2.24) is 24.9 Å². The Morgan fingerprint density at radius 1 is 1.17 bits per heavy atom. The molecule has 0 saturated heterocycles. The molecule has 8 heteroatoms. The van der Waals surface area contributed by atoms with Crippen molar-refractivity contribution in [1.29, 1.82) is 0 Å². The number of thiophene rings is 1. The molecule has 4 aromatic rings. The van der Waals surface area contributed by atoms with Gasteiger partial charge >= 0.3 is 0 Å². The maximum Gasteiger partial charge on any atom is 0.240 e. The van der Waals surface area contributed by atoms with Crippen LogP contribution in [-0.2, 0) is 0 Å². The summed E-state index contributed by atoms with van der Waals surface area (Å²) in [5, 5.41) is 15.0. The molecule has 0 spiro atoms. The first-order chi connectivity index (χ1) is 11.8. The topological polar surface area (TPSA) is 69.6 Å². The van der Waals surface area contributed by atoms with Gasteiger partial charge in [-0.3, -0.25) is 4.57 Å². The van der Waals surface area contributed by atoms with E-state index in [0.29, 0.717) is 11.7 Å². The minimum absolute atomic E-state index is 0.0297. The normalized spacial score (nSPS) is 12.4. The second-order valence-electron chi connectivity index (χ2n) is 5.01. The van der Waals surface area contributed by atoms with Crippen LogP contribution in [0.25, 0.3) is 16.4 Å². The van der Waals surface area contributed by atoms with Crippen molar-refractivity contribution in [3.8, 4) is 16.4 Å². The van der Waals surface area contributed by atoms with E-state index in [4.69, 9.17) is 4.52 Å². The average molecular weight is 355 g/mol. The summed E-state index contributed by atoms with van der Waals surface area (Å²) in [6.45, 7) is 2.01. The van der Waals surface area contributed by atoms with Gasteiger partial charge in [-0.05, 0) is 30.5 Å². The van der Waals surface area contributed by atoms with Gasteiger partial charge in [-0.15, -0.1) is 21.5 Å². The number of rotatable bonds is 5. The predicted molar refractivity (Wildman–Crippen MR) is 93.2 cm³/mol. The van der Waals surface area contributed by atoms with E-state index < -0.39 is 0 Å². The number of aromatic nitrogens is 5. The van der Waals surface area contributed by atoms with Gasteiger partial charge < -0.3 is 4.52 Å². The molecule has 1 atom stereocenters. The van der Waals surface area contributed by atoms with Gasteiger partial charge in [0.15, 0.2) is 5.16 Å². The summed E-state index contributed by atoms with van der Waals surface area (Å²) in [7, 11) is 0. The third-order valence-electron chi connectivity index (χ3n) is 3.36. The van der Waals surface area contributed by atoms with Crippen LogP contribution >= 0.6 is 23.1 Å². The summed E-state index contributed by atoms with van der Waals surface area (Å²) in [5.74, 6) is 1.20. The molecular formula is C16H13N5OS2. The Bertz CT molecular complexity index is 917. The van der Waals surface area contributed by atoms with Crippen LogP contribution in [0.3, 0.4) is 0 Å². The van der Waals surface area contributed by atoms with Crippen molar-refractivity contribution < 1.29 is 4.52 Å². The molecule has 1 aromatic carbocycles. The Kier molecular flexibility index (Phi) is 4.14. The lowest BCUT2D eigenvalue weighted by molar-refractivity contribution is 0.380. The summed E-state index contributed by atoms with van der Waals surface area (Å²) in [6, 6.07) is 13.9. The highest BCUT2D eigenvalue weighted by Gasteiger charge is 2.20. The smallest absolute Gasteiger partial charge is 0.240 e. The SMILES string of the molecule is CC(Sc1nncn1-c1ccccc1)c1nc(-c2cccs2)no1. The fourth-order valence-corrected chi connectivity index (χ4v) is 3.71. The Balaban J connectivity index is 1.55. The van der Waals surface area contributed by atoms with Gasteiger partial charge in [0.25, 0.3) is 0 Å². The van der Waals surface area contributed by atoms with Crippen molar-refractivity contribution in [3.63, 3.8) is 0 Å². The van der Waals surface area contributed by atoms with Crippen LogP contribution in [0.15, 0.2) is 63.9 Å². The molecule has 0 N–H and O–H groups in total. The van der Waals surface area contributed by atoms with Gasteiger partial charge in [-0.1, -0.05) is 41.2 Å². The van der Waals surface area contributed by atoms with E-state index in [9.17, 15) is 0 Å². The first-order valence-corrected chi connectivity index (χ1v) is 9.07. The van der Waals surface area contributed by atoms with Crippen molar-refractivity contribution in [2.24, 2.45) is 0 Å². The first kappa shape index (κ1) is 15.1. The Morgan fingerprint density at radius 3 is 2.83 bits per heavy atom. The molecule has 0 fully saturated rings. The van der Waals surface area contributed by atoms with Gasteiger partial charge in [-0.2, -0.15) is 4.98 Å². The average Bonchev–Trinajstić information content (AvgIpc) is 3.36. The van der Waals surface area contributed by atoms with Crippen molar-refractivity contribution in [3.05, 3.63) is 60.1 Å². The molecule has 0 amide bonds. The molecule has 3 aromatic heterocycles. The van der Waals surface area contributed by atoms with Gasteiger partial charge in [0.1, 0.15) is 6.33 Å². The monoisotopic (exact) mass is 355 g/mol. The Morgan fingerprint density at radius 2 is 2.04 bits per heavy atom. The predicted octanol–water partition coefficient (Wildman–Crippen LogP) is 4.23. The minimum Gasteiger partial charge on any atom is -0.338 e. The molecule has 0 aliphatic carbocycles. The van der Waals surface area contributed by atoms with Crippen LogP contribution < -0.4 is 0 Å². The minimum atomic E-state index is -0.0297. The number of hydrogen-bond acceptors (Lipinski definition) is 7. The quantitative estimate of drug-likeness (QED) is 0.499. The Hall–Kier alpha value is -2.45. The van der Waals surface area contributed by atoms with Crippen molar-refractivity contribution in [2.75, 3.05) is 0 Å². The molecular weight excluding hydrogens is 342 g/mol. The second kappa shape index (κ2) is 6.58. The fraction of sp³-hybridized carbons (Fsp3) is 0.125. The lowest BCUT2D eigenvalue weighted by Gasteiger charge is -2.08. The summed E-state index contributed by atoms with van der Waals surface area (Å²) in [4.78, 5) is 5.48. The summed E-state index contributed by atoms with van der Waals surface area (Å²) in [6.07, 6.45) is 1.70. The maximum absolute atomic E-state index is 5.41. The van der Waals surface area contributed by atoms with Crippen molar-refractivity contribution in [2.45, 2.75) is 17.3 Å². The molecule has 120 valence electrons. The van der Waals surface area contributed by atoms with E-state index in [-0.39, 0.29) is 5.25 Å². The maximum atomic E-state index is 5.41. The van der Waals surface area contributed by atoms with E-state index in [1.165, 1.54) is 11.8 Å². The van der Waals surface area contributed by atoms with Gasteiger partial charge in [0.05, 0.1) is 10.1 Å². The standard InChI is InChI=1S/C16H13N5OS2/c1-11(15-18-14(20-22-15)13-8-5-9-23-13)24-16-19-17-10-21(16)12-6-3-2-4-7-12/h2-11H,1H3. The lowest BCUT2D eigenvalue weighted by Crippen LogP contribution is -1.97. The van der Waals surface area contributed by atoms with E-state index in [1.54, 1.807) is 17.7 Å². The van der Waals surface area contributed by atoms with E-state index in [2.05, 4.69) is 20.3 Å². The fourth-order valence-electron chi connectivity index (χ4n) is 2.19. The van der Waals surface area contributed by atoms with Gasteiger partial charge in [-0.25, -0.2) is 0 Å². The zero-order valence-corrected chi connectivity index (χ0v) is 14.4. The molecule has 24 heavy (non-hydrogen) atoms. The van der Waals surface area contributed by atoms with Crippen LogP contribution in [-0.4, -0.2) is 24.9 Å². The number of nitrogens with zero attached hydrogens (tertiary/aromatic N) is 5. The summed E-state index contributed by atoms with van der Waals surface area (Å²) in [5.41, 5.74) is 1.02. The van der Waals surface area contributed by atoms with Crippen molar-refractivity contribution >= 4 is 23.1 Å².